The van der Waals surface area contributed by atoms with E-state index in [1.807, 2.05) is 0 Å². The first-order valence-electron chi connectivity index (χ1n) is 6.16. The zero-order valence-electron chi connectivity index (χ0n) is 10.1. The molecule has 0 aromatic carbocycles. The molecule has 0 bridgehead atoms. The van der Waals surface area contributed by atoms with Crippen molar-refractivity contribution in [3.8, 4) is 0 Å². The molecular formula is C12H24N2O. The largest absolute Gasteiger partial charge is 0.382 e. The molecule has 1 aliphatic rings. The summed E-state index contributed by atoms with van der Waals surface area (Å²) in [5.74, 6) is 0. The number of rotatable bonds is 7. The maximum Gasteiger partial charge on any atom is 0.0704 e. The second-order valence-electron chi connectivity index (χ2n) is 4.21. The Kier molecular flexibility index (Phi) is 6.41. The van der Waals surface area contributed by atoms with Crippen LogP contribution in [-0.2, 0) is 4.74 Å². The molecule has 0 N–H and O–H groups in total. The molecule has 0 aromatic heterocycles. The lowest BCUT2D eigenvalue weighted by Crippen LogP contribution is -2.28. The molecule has 0 unspecified atom stereocenters. The van der Waals surface area contributed by atoms with Gasteiger partial charge in [-0.25, -0.2) is 0 Å². The summed E-state index contributed by atoms with van der Waals surface area (Å²) in [6, 6.07) is 0.512. The first-order valence-corrected chi connectivity index (χ1v) is 6.16. The monoisotopic (exact) mass is 212 g/mol. The van der Waals surface area contributed by atoms with E-state index < -0.39 is 0 Å². The summed E-state index contributed by atoms with van der Waals surface area (Å²) < 4.78 is 5.19. The lowest BCUT2D eigenvalue weighted by molar-refractivity contribution is 0.118. The third kappa shape index (κ3) is 4.65. The molecule has 0 saturated carbocycles. The molecule has 3 heteroatoms. The lowest BCUT2D eigenvalue weighted by Gasteiger charge is -2.20. The number of methoxy groups -OCH3 is 1. The highest BCUT2D eigenvalue weighted by atomic mass is 16.5. The number of hydrogen-bond acceptors (Lipinski definition) is 3. The van der Waals surface area contributed by atoms with Crippen LogP contribution in [0.15, 0.2) is 5.10 Å². The Bertz CT molecular complexity index is 182. The SMILES string of the molecule is CCCCC/C=N/N1CCC[C@H]1COC. The molecule has 1 rings (SSSR count). The van der Waals surface area contributed by atoms with Crippen LogP contribution in [0.5, 0.6) is 0 Å². The molecule has 0 spiro atoms. The first kappa shape index (κ1) is 12.5. The van der Waals surface area contributed by atoms with Crippen molar-refractivity contribution in [2.24, 2.45) is 5.10 Å². The molecule has 1 atom stereocenters. The second-order valence-corrected chi connectivity index (χ2v) is 4.21. The summed E-state index contributed by atoms with van der Waals surface area (Å²) in [5.41, 5.74) is 0. The van der Waals surface area contributed by atoms with Gasteiger partial charge < -0.3 is 4.74 Å². The third-order valence-corrected chi connectivity index (χ3v) is 2.87. The van der Waals surface area contributed by atoms with Gasteiger partial charge in [0.2, 0.25) is 0 Å². The average molecular weight is 212 g/mol. The molecular weight excluding hydrogens is 188 g/mol. The Balaban J connectivity index is 2.18. The van der Waals surface area contributed by atoms with Crippen LogP contribution in [0.1, 0.15) is 45.4 Å². The second kappa shape index (κ2) is 7.69. The van der Waals surface area contributed by atoms with Crippen LogP contribution < -0.4 is 0 Å². The maximum absolute atomic E-state index is 5.19. The standard InChI is InChI=1S/C12H24N2O/c1-3-4-5-6-9-13-14-10-7-8-12(14)11-15-2/h9,12H,3-8,10-11H2,1-2H3/b13-9+/t12-/m0/s1. The van der Waals surface area contributed by atoms with Crippen molar-refractivity contribution in [1.82, 2.24) is 5.01 Å². The van der Waals surface area contributed by atoms with Gasteiger partial charge in [0.15, 0.2) is 0 Å². The fourth-order valence-electron chi connectivity index (χ4n) is 1.98. The molecule has 1 fully saturated rings. The van der Waals surface area contributed by atoms with Crippen molar-refractivity contribution in [1.29, 1.82) is 0 Å². The van der Waals surface area contributed by atoms with E-state index in [1.165, 1.54) is 32.1 Å². The highest BCUT2D eigenvalue weighted by Gasteiger charge is 2.22. The van der Waals surface area contributed by atoms with Crippen LogP contribution in [0.3, 0.4) is 0 Å². The third-order valence-electron chi connectivity index (χ3n) is 2.87. The maximum atomic E-state index is 5.19. The summed E-state index contributed by atoms with van der Waals surface area (Å²) in [6.07, 6.45) is 9.52. The predicted octanol–water partition coefficient (Wildman–Crippen LogP) is 2.66. The van der Waals surface area contributed by atoms with Gasteiger partial charge in [0.05, 0.1) is 12.6 Å². The lowest BCUT2D eigenvalue weighted by atomic mass is 10.2. The fraction of sp³-hybridized carbons (Fsp3) is 0.917. The molecule has 1 heterocycles. The molecule has 0 amide bonds. The summed E-state index contributed by atoms with van der Waals surface area (Å²) in [4.78, 5) is 0. The zero-order valence-corrected chi connectivity index (χ0v) is 10.1. The van der Waals surface area contributed by atoms with Crippen molar-refractivity contribution in [3.63, 3.8) is 0 Å². The molecule has 1 saturated heterocycles. The van der Waals surface area contributed by atoms with Crippen LogP contribution in [0.2, 0.25) is 0 Å². The van der Waals surface area contributed by atoms with Crippen molar-refractivity contribution < 1.29 is 4.74 Å². The zero-order chi connectivity index (χ0) is 10.9. The molecule has 0 aromatic rings. The Morgan fingerprint density at radius 2 is 2.33 bits per heavy atom. The molecule has 15 heavy (non-hydrogen) atoms. The van der Waals surface area contributed by atoms with E-state index in [-0.39, 0.29) is 0 Å². The number of hydrogen-bond donors (Lipinski definition) is 0. The Morgan fingerprint density at radius 3 is 3.07 bits per heavy atom. The van der Waals surface area contributed by atoms with Gasteiger partial charge >= 0.3 is 0 Å². The van der Waals surface area contributed by atoms with Crippen LogP contribution in [0.25, 0.3) is 0 Å². The Morgan fingerprint density at radius 1 is 1.47 bits per heavy atom. The predicted molar refractivity (Wildman–Crippen MR) is 64.2 cm³/mol. The van der Waals surface area contributed by atoms with E-state index in [1.54, 1.807) is 7.11 Å². The smallest absolute Gasteiger partial charge is 0.0704 e. The summed E-state index contributed by atoms with van der Waals surface area (Å²) in [6.45, 7) is 4.14. The van der Waals surface area contributed by atoms with Crippen molar-refractivity contribution >= 4 is 6.21 Å². The highest BCUT2D eigenvalue weighted by Crippen LogP contribution is 2.17. The van der Waals surface area contributed by atoms with Gasteiger partial charge in [-0.2, -0.15) is 5.10 Å². The Labute approximate surface area is 93.5 Å². The van der Waals surface area contributed by atoms with Gasteiger partial charge in [-0.3, -0.25) is 5.01 Å². The van der Waals surface area contributed by atoms with Crippen molar-refractivity contribution in [2.75, 3.05) is 20.3 Å². The van der Waals surface area contributed by atoms with Gasteiger partial charge in [-0.05, 0) is 25.7 Å². The van der Waals surface area contributed by atoms with Gasteiger partial charge in [0.1, 0.15) is 0 Å². The number of unbranched alkanes of at least 4 members (excludes halogenated alkanes) is 3. The fourth-order valence-corrected chi connectivity index (χ4v) is 1.98. The normalized spacial score (nSPS) is 21.7. The van der Waals surface area contributed by atoms with E-state index in [0.29, 0.717) is 6.04 Å². The topological polar surface area (TPSA) is 24.8 Å². The molecule has 3 nitrogen and oxygen atoms in total. The van der Waals surface area contributed by atoms with Crippen LogP contribution in [0.4, 0.5) is 0 Å². The van der Waals surface area contributed by atoms with Gasteiger partial charge in [-0.15, -0.1) is 0 Å². The summed E-state index contributed by atoms with van der Waals surface area (Å²) >= 11 is 0. The van der Waals surface area contributed by atoms with E-state index in [2.05, 4.69) is 23.2 Å². The molecule has 0 radical (unpaired) electrons. The number of hydrazone groups is 1. The summed E-state index contributed by atoms with van der Waals surface area (Å²) in [5, 5.41) is 6.71. The van der Waals surface area contributed by atoms with E-state index in [4.69, 9.17) is 4.74 Å². The quantitative estimate of drug-likeness (QED) is 0.479. The molecule has 88 valence electrons. The van der Waals surface area contributed by atoms with E-state index >= 15 is 0 Å². The summed E-state index contributed by atoms with van der Waals surface area (Å²) in [7, 11) is 1.77. The van der Waals surface area contributed by atoms with E-state index in [9.17, 15) is 0 Å². The highest BCUT2D eigenvalue weighted by molar-refractivity contribution is 5.56. The minimum atomic E-state index is 0.512. The number of nitrogens with zero attached hydrogens (tertiary/aromatic N) is 2. The van der Waals surface area contributed by atoms with Gasteiger partial charge in [-0.1, -0.05) is 19.8 Å². The van der Waals surface area contributed by atoms with Crippen LogP contribution in [0, 0.1) is 0 Å². The Hall–Kier alpha value is -0.570. The van der Waals surface area contributed by atoms with Crippen molar-refractivity contribution in [3.05, 3.63) is 0 Å². The molecule has 0 aliphatic carbocycles. The van der Waals surface area contributed by atoms with Crippen LogP contribution in [-0.4, -0.2) is 37.5 Å². The van der Waals surface area contributed by atoms with Crippen molar-refractivity contribution in [2.45, 2.75) is 51.5 Å². The average Bonchev–Trinajstić information content (AvgIpc) is 2.66. The van der Waals surface area contributed by atoms with E-state index in [0.717, 1.165) is 19.6 Å². The van der Waals surface area contributed by atoms with Gasteiger partial charge in [0, 0.05) is 19.9 Å². The molecule has 1 aliphatic heterocycles. The van der Waals surface area contributed by atoms with Crippen LogP contribution >= 0.6 is 0 Å². The minimum Gasteiger partial charge on any atom is -0.382 e. The number of ether oxygens (including phenoxy) is 1. The van der Waals surface area contributed by atoms with Gasteiger partial charge in [0.25, 0.3) is 0 Å². The first-order chi connectivity index (χ1) is 7.38. The minimum absolute atomic E-state index is 0.512.